The number of nitrogens with one attached hydrogen (secondary N) is 1. The molecule has 0 saturated heterocycles. The van der Waals surface area contributed by atoms with Crippen molar-refractivity contribution in [3.05, 3.63) is 70.4 Å². The highest BCUT2D eigenvalue weighted by atomic mass is 32.1. The van der Waals surface area contributed by atoms with Crippen molar-refractivity contribution >= 4 is 22.9 Å². The molecule has 0 fully saturated rings. The van der Waals surface area contributed by atoms with Crippen LogP contribution in [0.3, 0.4) is 0 Å². The van der Waals surface area contributed by atoms with Gasteiger partial charge in [-0.1, -0.05) is 18.2 Å². The molecular weight excluding hydrogens is 424 g/mol. The SMILES string of the molecule is COc1ccc(CN(CC(=O)Nc2ccc(OC)c(OC)c2)C(C)Cc2cccs2)cc1. The third-order valence-corrected chi connectivity index (χ3v) is 6.16. The number of amides is 1. The van der Waals surface area contributed by atoms with Crippen LogP contribution in [0.15, 0.2) is 60.0 Å². The van der Waals surface area contributed by atoms with E-state index in [1.807, 2.05) is 30.3 Å². The maximum atomic E-state index is 12.9. The summed E-state index contributed by atoms with van der Waals surface area (Å²) in [6.45, 7) is 3.09. The molecule has 1 amide bonds. The van der Waals surface area contributed by atoms with Crippen LogP contribution in [0.5, 0.6) is 17.2 Å². The van der Waals surface area contributed by atoms with Crippen molar-refractivity contribution in [2.24, 2.45) is 0 Å². The topological polar surface area (TPSA) is 60.0 Å². The molecule has 7 heteroatoms. The molecule has 170 valence electrons. The predicted molar refractivity (Wildman–Crippen MR) is 129 cm³/mol. The second kappa shape index (κ2) is 11.5. The Morgan fingerprint density at radius 3 is 2.38 bits per heavy atom. The summed E-state index contributed by atoms with van der Waals surface area (Å²) in [6.07, 6.45) is 0.886. The van der Waals surface area contributed by atoms with Crippen LogP contribution >= 0.6 is 11.3 Å². The average molecular weight is 455 g/mol. The van der Waals surface area contributed by atoms with Gasteiger partial charge in [-0.05, 0) is 54.6 Å². The minimum Gasteiger partial charge on any atom is -0.497 e. The molecule has 0 bridgehead atoms. The van der Waals surface area contributed by atoms with E-state index < -0.39 is 0 Å². The van der Waals surface area contributed by atoms with Crippen molar-refractivity contribution in [2.75, 3.05) is 33.2 Å². The van der Waals surface area contributed by atoms with E-state index in [4.69, 9.17) is 14.2 Å². The lowest BCUT2D eigenvalue weighted by Gasteiger charge is -2.28. The molecule has 0 aliphatic heterocycles. The zero-order valence-corrected chi connectivity index (χ0v) is 19.8. The minimum atomic E-state index is -0.0799. The van der Waals surface area contributed by atoms with Crippen molar-refractivity contribution < 1.29 is 19.0 Å². The monoisotopic (exact) mass is 454 g/mol. The molecule has 1 atom stereocenters. The molecule has 0 aliphatic rings. The van der Waals surface area contributed by atoms with Gasteiger partial charge in [-0.15, -0.1) is 11.3 Å². The van der Waals surface area contributed by atoms with Crippen molar-refractivity contribution in [3.63, 3.8) is 0 Å². The van der Waals surface area contributed by atoms with Crippen LogP contribution < -0.4 is 19.5 Å². The summed E-state index contributed by atoms with van der Waals surface area (Å²) in [7, 11) is 4.82. The van der Waals surface area contributed by atoms with Gasteiger partial charge in [0.1, 0.15) is 5.75 Å². The number of hydrogen-bond donors (Lipinski definition) is 1. The van der Waals surface area contributed by atoms with Crippen LogP contribution in [0, 0.1) is 0 Å². The zero-order valence-electron chi connectivity index (χ0n) is 19.0. The fraction of sp³-hybridized carbons (Fsp3) is 0.320. The maximum absolute atomic E-state index is 12.9. The van der Waals surface area contributed by atoms with E-state index in [2.05, 4.69) is 34.7 Å². The highest BCUT2D eigenvalue weighted by Gasteiger charge is 2.19. The van der Waals surface area contributed by atoms with E-state index in [1.165, 1.54) is 4.88 Å². The van der Waals surface area contributed by atoms with Crippen molar-refractivity contribution in [2.45, 2.75) is 25.9 Å². The number of nitrogens with zero attached hydrogens (tertiary/aromatic N) is 1. The van der Waals surface area contributed by atoms with E-state index in [-0.39, 0.29) is 18.5 Å². The van der Waals surface area contributed by atoms with Crippen LogP contribution in [0.1, 0.15) is 17.4 Å². The van der Waals surface area contributed by atoms with Gasteiger partial charge in [0.05, 0.1) is 27.9 Å². The normalized spacial score (nSPS) is 11.8. The first-order valence-corrected chi connectivity index (χ1v) is 11.3. The highest BCUT2D eigenvalue weighted by Crippen LogP contribution is 2.29. The molecule has 0 saturated carbocycles. The van der Waals surface area contributed by atoms with Crippen LogP contribution in [0.2, 0.25) is 0 Å². The third kappa shape index (κ3) is 6.48. The van der Waals surface area contributed by atoms with Crippen molar-refractivity contribution in [1.29, 1.82) is 0 Å². The van der Waals surface area contributed by atoms with E-state index in [1.54, 1.807) is 44.8 Å². The summed E-state index contributed by atoms with van der Waals surface area (Å²) < 4.78 is 15.9. The molecule has 0 aliphatic carbocycles. The van der Waals surface area contributed by atoms with E-state index in [9.17, 15) is 4.79 Å². The molecule has 1 heterocycles. The molecule has 2 aromatic carbocycles. The number of ether oxygens (including phenoxy) is 3. The summed E-state index contributed by atoms with van der Waals surface area (Å²) in [4.78, 5) is 16.4. The minimum absolute atomic E-state index is 0.0799. The number of benzene rings is 2. The number of anilines is 1. The van der Waals surface area contributed by atoms with Crippen molar-refractivity contribution in [1.82, 2.24) is 4.90 Å². The van der Waals surface area contributed by atoms with Crippen LogP contribution in [-0.4, -0.2) is 44.7 Å². The second-order valence-electron chi connectivity index (χ2n) is 7.50. The highest BCUT2D eigenvalue weighted by molar-refractivity contribution is 7.09. The zero-order chi connectivity index (χ0) is 22.9. The first kappa shape index (κ1) is 23.6. The lowest BCUT2D eigenvalue weighted by molar-refractivity contribution is -0.118. The van der Waals surface area contributed by atoms with Gasteiger partial charge in [-0.2, -0.15) is 0 Å². The lowest BCUT2D eigenvalue weighted by Crippen LogP contribution is -2.40. The predicted octanol–water partition coefficient (Wildman–Crippen LogP) is 4.85. The molecule has 3 rings (SSSR count). The average Bonchev–Trinajstić information content (AvgIpc) is 3.32. The Labute approximate surface area is 193 Å². The van der Waals surface area contributed by atoms with Gasteiger partial charge in [0.15, 0.2) is 11.5 Å². The Balaban J connectivity index is 1.72. The van der Waals surface area contributed by atoms with Gasteiger partial charge in [-0.3, -0.25) is 9.69 Å². The molecule has 6 nitrogen and oxygen atoms in total. The Bertz CT molecular complexity index is 990. The molecule has 32 heavy (non-hydrogen) atoms. The van der Waals surface area contributed by atoms with Crippen molar-refractivity contribution in [3.8, 4) is 17.2 Å². The molecule has 1 aromatic heterocycles. The van der Waals surface area contributed by atoms with Gasteiger partial charge in [-0.25, -0.2) is 0 Å². The molecule has 1 N–H and O–H groups in total. The quantitative estimate of drug-likeness (QED) is 0.449. The van der Waals surface area contributed by atoms with Gasteiger partial charge < -0.3 is 19.5 Å². The number of carbonyl (C=O) groups is 1. The van der Waals surface area contributed by atoms with Gasteiger partial charge in [0.25, 0.3) is 0 Å². The van der Waals surface area contributed by atoms with E-state index >= 15 is 0 Å². The fourth-order valence-electron chi connectivity index (χ4n) is 3.48. The summed E-state index contributed by atoms with van der Waals surface area (Å²) in [5.74, 6) is 1.93. The maximum Gasteiger partial charge on any atom is 0.238 e. The fourth-order valence-corrected chi connectivity index (χ4v) is 4.31. The van der Waals surface area contributed by atoms with Crippen LogP contribution in [-0.2, 0) is 17.8 Å². The molecule has 3 aromatic rings. The van der Waals surface area contributed by atoms with Crippen LogP contribution in [0.25, 0.3) is 0 Å². The van der Waals surface area contributed by atoms with E-state index in [0.29, 0.717) is 23.7 Å². The Morgan fingerprint density at radius 2 is 1.75 bits per heavy atom. The lowest BCUT2D eigenvalue weighted by atomic mass is 10.1. The third-order valence-electron chi connectivity index (χ3n) is 5.26. The molecule has 0 spiro atoms. The number of rotatable bonds is 11. The summed E-state index contributed by atoms with van der Waals surface area (Å²) >= 11 is 1.74. The Morgan fingerprint density at radius 1 is 1.00 bits per heavy atom. The first-order chi connectivity index (χ1) is 15.5. The smallest absolute Gasteiger partial charge is 0.238 e. The number of hydrogen-bond acceptors (Lipinski definition) is 6. The summed E-state index contributed by atoms with van der Waals surface area (Å²) in [5, 5.41) is 5.07. The molecule has 1 unspecified atom stereocenters. The number of thiophene rings is 1. The molecular formula is C25H30N2O4S. The second-order valence-corrected chi connectivity index (χ2v) is 8.54. The Hall–Kier alpha value is -3.03. The summed E-state index contributed by atoms with van der Waals surface area (Å²) in [6, 6.07) is 17.7. The van der Waals surface area contributed by atoms with Gasteiger partial charge in [0.2, 0.25) is 5.91 Å². The summed E-state index contributed by atoms with van der Waals surface area (Å²) in [5.41, 5.74) is 1.80. The first-order valence-electron chi connectivity index (χ1n) is 10.4. The largest absolute Gasteiger partial charge is 0.497 e. The van der Waals surface area contributed by atoms with Gasteiger partial charge in [0, 0.05) is 29.2 Å². The number of methoxy groups -OCH3 is 3. The van der Waals surface area contributed by atoms with Crippen LogP contribution in [0.4, 0.5) is 5.69 Å². The number of carbonyl (C=O) groups excluding carboxylic acids is 1. The molecule has 0 radical (unpaired) electrons. The standard InChI is InChI=1S/C25H30N2O4S/c1-18(14-22-6-5-13-32-22)27(16-19-7-10-21(29-2)11-8-19)17-25(28)26-20-9-12-23(30-3)24(15-20)31-4/h5-13,15,18H,14,16-17H2,1-4H3,(H,26,28). The van der Waals surface area contributed by atoms with Gasteiger partial charge >= 0.3 is 0 Å². The Kier molecular flexibility index (Phi) is 8.53. The van der Waals surface area contributed by atoms with E-state index in [0.717, 1.165) is 17.7 Å².